The first-order chi connectivity index (χ1) is 9.78. The van der Waals surface area contributed by atoms with Crippen molar-refractivity contribution in [3.8, 4) is 11.5 Å². The van der Waals surface area contributed by atoms with E-state index in [1.165, 1.54) is 12.1 Å². The van der Waals surface area contributed by atoms with Gasteiger partial charge in [-0.2, -0.15) is 4.72 Å². The van der Waals surface area contributed by atoms with Gasteiger partial charge in [0.25, 0.3) is 0 Å². The molecule has 0 saturated heterocycles. The average molecular weight is 313 g/mol. The van der Waals surface area contributed by atoms with E-state index in [9.17, 15) is 8.42 Å². The molecule has 2 rings (SSSR count). The van der Waals surface area contributed by atoms with Crippen LogP contribution in [-0.4, -0.2) is 33.0 Å². The van der Waals surface area contributed by atoms with E-state index in [1.54, 1.807) is 19.9 Å². The van der Waals surface area contributed by atoms with Crippen LogP contribution in [0, 0.1) is 5.41 Å². The van der Waals surface area contributed by atoms with Gasteiger partial charge < -0.3 is 15.2 Å². The summed E-state index contributed by atoms with van der Waals surface area (Å²) in [5.74, 6) is 0.682. The topological polar surface area (TPSA) is 115 Å². The highest BCUT2D eigenvalue weighted by atomic mass is 32.2. The number of hydrogen-bond acceptors (Lipinski definition) is 5. The Hall–Kier alpha value is -1.80. The molecule has 1 heterocycles. The highest BCUT2D eigenvalue weighted by Gasteiger charge is 2.32. The van der Waals surface area contributed by atoms with Gasteiger partial charge in [0, 0.05) is 6.07 Å². The van der Waals surface area contributed by atoms with Crippen molar-refractivity contribution in [3.05, 3.63) is 18.2 Å². The maximum Gasteiger partial charge on any atom is 0.241 e. The third-order valence-electron chi connectivity index (χ3n) is 3.49. The first-order valence-electron chi connectivity index (χ1n) is 6.56. The fraction of sp³-hybridized carbons (Fsp3) is 0.462. The first-order valence-corrected chi connectivity index (χ1v) is 8.05. The summed E-state index contributed by atoms with van der Waals surface area (Å²) in [6.07, 6.45) is 0.367. The summed E-state index contributed by atoms with van der Waals surface area (Å²) in [5.41, 5.74) is 4.37. The molecule has 1 unspecified atom stereocenters. The van der Waals surface area contributed by atoms with Crippen LogP contribution in [0.25, 0.3) is 0 Å². The lowest BCUT2D eigenvalue weighted by Gasteiger charge is -2.28. The zero-order valence-electron chi connectivity index (χ0n) is 12.0. The second kappa shape index (κ2) is 5.53. The number of sulfonamides is 1. The Labute approximate surface area is 124 Å². The fourth-order valence-electron chi connectivity index (χ4n) is 1.86. The predicted molar refractivity (Wildman–Crippen MR) is 78.4 cm³/mol. The maximum absolute atomic E-state index is 12.4. The van der Waals surface area contributed by atoms with Gasteiger partial charge in [-0.3, -0.25) is 5.41 Å². The zero-order valence-corrected chi connectivity index (χ0v) is 12.8. The van der Waals surface area contributed by atoms with E-state index in [-0.39, 0.29) is 10.7 Å². The third kappa shape index (κ3) is 3.11. The van der Waals surface area contributed by atoms with Gasteiger partial charge >= 0.3 is 0 Å². The van der Waals surface area contributed by atoms with Gasteiger partial charge in [0.05, 0.1) is 10.4 Å². The molecule has 4 N–H and O–H groups in total. The van der Waals surface area contributed by atoms with E-state index in [1.807, 2.05) is 0 Å². The molecule has 116 valence electrons. The molecule has 7 nitrogen and oxygen atoms in total. The van der Waals surface area contributed by atoms with Gasteiger partial charge in [-0.1, -0.05) is 6.92 Å². The monoisotopic (exact) mass is 313 g/mol. The highest BCUT2D eigenvalue weighted by Crippen LogP contribution is 2.32. The largest absolute Gasteiger partial charge is 0.486 e. The SMILES string of the molecule is CCC(C)(NS(=O)(=O)c1ccc2c(c1)OCCO2)C(=N)N. The van der Waals surface area contributed by atoms with E-state index in [0.29, 0.717) is 31.1 Å². The molecule has 0 amide bonds. The van der Waals surface area contributed by atoms with Crippen LogP contribution in [0.15, 0.2) is 23.1 Å². The van der Waals surface area contributed by atoms with Crippen LogP contribution >= 0.6 is 0 Å². The lowest BCUT2D eigenvalue weighted by molar-refractivity contribution is 0.171. The molecule has 0 spiro atoms. The lowest BCUT2D eigenvalue weighted by atomic mass is 10.00. The summed E-state index contributed by atoms with van der Waals surface area (Å²) in [7, 11) is -3.81. The van der Waals surface area contributed by atoms with Gasteiger partial charge in [-0.25, -0.2) is 8.42 Å². The molecule has 1 aliphatic heterocycles. The number of amidine groups is 1. The Morgan fingerprint density at radius 3 is 2.57 bits per heavy atom. The molecule has 0 saturated carbocycles. The van der Waals surface area contributed by atoms with E-state index in [2.05, 4.69) is 4.72 Å². The second-order valence-corrected chi connectivity index (χ2v) is 6.69. The normalized spacial score (nSPS) is 17.0. The van der Waals surface area contributed by atoms with Crippen LogP contribution in [0.3, 0.4) is 0 Å². The summed E-state index contributed by atoms with van der Waals surface area (Å²) in [6, 6.07) is 4.40. The summed E-state index contributed by atoms with van der Waals surface area (Å²) in [5, 5.41) is 7.55. The van der Waals surface area contributed by atoms with Crippen molar-refractivity contribution in [2.45, 2.75) is 30.7 Å². The van der Waals surface area contributed by atoms with E-state index >= 15 is 0 Å². The molecule has 1 aromatic carbocycles. The maximum atomic E-state index is 12.4. The zero-order chi connectivity index (χ0) is 15.7. The van der Waals surface area contributed by atoms with Crippen molar-refractivity contribution in [3.63, 3.8) is 0 Å². The van der Waals surface area contributed by atoms with E-state index in [4.69, 9.17) is 20.6 Å². The quantitative estimate of drug-likeness (QED) is 0.550. The lowest BCUT2D eigenvalue weighted by Crippen LogP contribution is -2.54. The first kappa shape index (κ1) is 15.6. The second-order valence-electron chi connectivity index (χ2n) is 5.01. The van der Waals surface area contributed by atoms with Crippen LogP contribution in [0.4, 0.5) is 0 Å². The Kier molecular flexibility index (Phi) is 4.11. The van der Waals surface area contributed by atoms with Crippen molar-refractivity contribution < 1.29 is 17.9 Å². The Balaban J connectivity index is 2.34. The molecule has 1 atom stereocenters. The standard InChI is InChI=1S/C13H19N3O4S/c1-3-13(2,12(14)15)16-21(17,18)9-4-5-10-11(8-9)20-7-6-19-10/h4-5,8,16H,3,6-7H2,1-2H3,(H3,14,15). The molecule has 21 heavy (non-hydrogen) atoms. The van der Waals surface area contributed by atoms with Gasteiger partial charge in [0.15, 0.2) is 11.5 Å². The third-order valence-corrected chi connectivity index (χ3v) is 5.08. The Morgan fingerprint density at radius 2 is 2.00 bits per heavy atom. The molecule has 1 aliphatic rings. The van der Waals surface area contributed by atoms with Crippen molar-refractivity contribution >= 4 is 15.9 Å². The van der Waals surface area contributed by atoms with E-state index < -0.39 is 15.6 Å². The minimum Gasteiger partial charge on any atom is -0.486 e. The van der Waals surface area contributed by atoms with Crippen molar-refractivity contribution in [2.24, 2.45) is 5.73 Å². The van der Waals surface area contributed by atoms with Crippen LogP contribution in [-0.2, 0) is 10.0 Å². The van der Waals surface area contributed by atoms with Crippen LogP contribution in [0.5, 0.6) is 11.5 Å². The summed E-state index contributed by atoms with van der Waals surface area (Å²) in [6.45, 7) is 4.15. The number of rotatable bonds is 5. The summed E-state index contributed by atoms with van der Waals surface area (Å²) in [4.78, 5) is 0.0488. The smallest absolute Gasteiger partial charge is 0.241 e. The van der Waals surface area contributed by atoms with Crippen molar-refractivity contribution in [1.82, 2.24) is 4.72 Å². The van der Waals surface area contributed by atoms with Gasteiger partial charge in [0.2, 0.25) is 10.0 Å². The molecule has 0 fully saturated rings. The summed E-state index contributed by atoms with van der Waals surface area (Å²) >= 11 is 0. The minimum absolute atomic E-state index is 0.0488. The van der Waals surface area contributed by atoms with Crippen LogP contribution in [0.1, 0.15) is 20.3 Å². The van der Waals surface area contributed by atoms with Gasteiger partial charge in [-0.15, -0.1) is 0 Å². The average Bonchev–Trinajstić information content (AvgIpc) is 2.46. The highest BCUT2D eigenvalue weighted by molar-refractivity contribution is 7.89. The Bertz CT molecular complexity index is 659. The summed E-state index contributed by atoms with van der Waals surface area (Å²) < 4.78 is 38.1. The van der Waals surface area contributed by atoms with Crippen molar-refractivity contribution in [2.75, 3.05) is 13.2 Å². The predicted octanol–water partition coefficient (Wildman–Crippen LogP) is 0.841. The Morgan fingerprint density at radius 1 is 1.38 bits per heavy atom. The van der Waals surface area contributed by atoms with Gasteiger partial charge in [-0.05, 0) is 25.5 Å². The molecule has 0 aromatic heterocycles. The van der Waals surface area contributed by atoms with Gasteiger partial charge in [0.1, 0.15) is 19.0 Å². The minimum atomic E-state index is -3.81. The van der Waals surface area contributed by atoms with Crippen LogP contribution in [0.2, 0.25) is 0 Å². The number of fused-ring (bicyclic) bond motifs is 1. The molecule has 0 aliphatic carbocycles. The molecule has 0 bridgehead atoms. The number of ether oxygens (including phenoxy) is 2. The molecule has 1 aromatic rings. The number of hydrogen-bond donors (Lipinski definition) is 3. The van der Waals surface area contributed by atoms with Crippen molar-refractivity contribution in [1.29, 1.82) is 5.41 Å². The molecule has 0 radical (unpaired) electrons. The molecular formula is C13H19N3O4S. The number of benzene rings is 1. The van der Waals surface area contributed by atoms with Crippen LogP contribution < -0.4 is 19.9 Å². The molecule has 8 heteroatoms. The fourth-order valence-corrected chi connectivity index (χ4v) is 3.34. The molecular weight excluding hydrogens is 294 g/mol. The number of nitrogens with one attached hydrogen (secondary N) is 2. The van der Waals surface area contributed by atoms with E-state index in [0.717, 1.165) is 0 Å². The number of nitrogens with two attached hydrogens (primary N) is 1.